The van der Waals surface area contributed by atoms with Crippen molar-refractivity contribution >= 4 is 28.9 Å². The Morgan fingerprint density at radius 3 is 2.45 bits per heavy atom. The summed E-state index contributed by atoms with van der Waals surface area (Å²) in [4.78, 5) is 14.1. The van der Waals surface area contributed by atoms with Crippen LogP contribution in [0.25, 0.3) is 0 Å². The van der Waals surface area contributed by atoms with Crippen LogP contribution in [0.15, 0.2) is 60.3 Å². The second-order valence-corrected chi connectivity index (χ2v) is 5.44. The van der Waals surface area contributed by atoms with Crippen molar-refractivity contribution in [3.63, 3.8) is 0 Å². The molecule has 5 heteroatoms. The number of nitrogens with one attached hydrogen (secondary N) is 1. The van der Waals surface area contributed by atoms with Crippen molar-refractivity contribution in [2.45, 2.75) is 6.42 Å². The number of nitrogens with zero attached hydrogens (tertiary/aromatic N) is 1. The average molecular weight is 317 g/mol. The topological polar surface area (TPSA) is 32.3 Å². The van der Waals surface area contributed by atoms with E-state index in [1.165, 1.54) is 12.1 Å². The van der Waals surface area contributed by atoms with Gasteiger partial charge in [-0.1, -0.05) is 11.6 Å². The van der Waals surface area contributed by atoms with Gasteiger partial charge in [-0.25, -0.2) is 4.39 Å². The Labute approximate surface area is 133 Å². The molecule has 1 saturated heterocycles. The molecule has 2 aromatic carbocycles. The van der Waals surface area contributed by atoms with Gasteiger partial charge >= 0.3 is 0 Å². The van der Waals surface area contributed by atoms with E-state index in [-0.39, 0.29) is 11.7 Å². The van der Waals surface area contributed by atoms with Crippen LogP contribution in [0.5, 0.6) is 0 Å². The van der Waals surface area contributed by atoms with Crippen LogP contribution in [-0.2, 0) is 4.79 Å². The molecule has 0 bridgehead atoms. The monoisotopic (exact) mass is 316 g/mol. The Balaban J connectivity index is 1.71. The van der Waals surface area contributed by atoms with Gasteiger partial charge in [0, 0.05) is 34.7 Å². The first-order valence-corrected chi connectivity index (χ1v) is 7.30. The zero-order valence-corrected chi connectivity index (χ0v) is 12.5. The van der Waals surface area contributed by atoms with Gasteiger partial charge in [0.25, 0.3) is 5.91 Å². The highest BCUT2D eigenvalue weighted by Crippen LogP contribution is 2.26. The fourth-order valence-corrected chi connectivity index (χ4v) is 2.46. The molecule has 0 aliphatic carbocycles. The van der Waals surface area contributed by atoms with Gasteiger partial charge in [0.15, 0.2) is 0 Å². The Kier molecular flexibility index (Phi) is 4.11. The lowest BCUT2D eigenvalue weighted by molar-refractivity contribution is -0.114. The highest BCUT2D eigenvalue weighted by molar-refractivity contribution is 6.30. The smallest absolute Gasteiger partial charge is 0.255 e. The van der Waals surface area contributed by atoms with Gasteiger partial charge in [-0.3, -0.25) is 4.79 Å². The Hall–Kier alpha value is -2.33. The summed E-state index contributed by atoms with van der Waals surface area (Å²) in [6.07, 6.45) is 2.35. The number of carbonyl (C=O) groups excluding carboxylic acids is 1. The molecule has 22 heavy (non-hydrogen) atoms. The van der Waals surface area contributed by atoms with Gasteiger partial charge in [-0.15, -0.1) is 0 Å². The van der Waals surface area contributed by atoms with Crippen molar-refractivity contribution in [3.8, 4) is 0 Å². The first-order chi connectivity index (χ1) is 10.6. The molecule has 0 spiro atoms. The van der Waals surface area contributed by atoms with Crippen LogP contribution >= 0.6 is 11.6 Å². The quantitative estimate of drug-likeness (QED) is 0.860. The molecule has 0 radical (unpaired) electrons. The van der Waals surface area contributed by atoms with E-state index in [0.29, 0.717) is 23.6 Å². The number of anilines is 2. The van der Waals surface area contributed by atoms with Crippen LogP contribution < -0.4 is 10.2 Å². The van der Waals surface area contributed by atoms with Crippen molar-refractivity contribution in [2.24, 2.45) is 0 Å². The standard InChI is InChI=1S/C17H14ClFN2O/c18-13-1-7-16(8-2-13)21-10-9-12(17(21)22)11-20-15-5-3-14(19)4-6-15/h1-8,11,20H,9-10H2. The van der Waals surface area contributed by atoms with E-state index in [2.05, 4.69) is 5.32 Å². The lowest BCUT2D eigenvalue weighted by Crippen LogP contribution is -2.24. The molecular weight excluding hydrogens is 303 g/mol. The number of hydrogen-bond donors (Lipinski definition) is 1. The molecule has 1 fully saturated rings. The van der Waals surface area contributed by atoms with Crippen molar-refractivity contribution in [1.29, 1.82) is 0 Å². The zero-order valence-electron chi connectivity index (χ0n) is 11.7. The number of amides is 1. The average Bonchev–Trinajstić information content (AvgIpc) is 2.89. The normalized spacial score (nSPS) is 16.4. The molecule has 0 aromatic heterocycles. The van der Waals surface area contributed by atoms with E-state index < -0.39 is 0 Å². The largest absolute Gasteiger partial charge is 0.361 e. The second-order valence-electron chi connectivity index (χ2n) is 5.00. The number of benzene rings is 2. The number of carbonyl (C=O) groups is 1. The molecule has 3 rings (SSSR count). The summed E-state index contributed by atoms with van der Waals surface area (Å²) in [5.74, 6) is -0.319. The maximum atomic E-state index is 12.8. The molecule has 1 aliphatic rings. The summed E-state index contributed by atoms with van der Waals surface area (Å²) < 4.78 is 12.8. The van der Waals surface area contributed by atoms with E-state index in [1.807, 2.05) is 12.1 Å². The van der Waals surface area contributed by atoms with Crippen LogP contribution in [-0.4, -0.2) is 12.5 Å². The molecule has 0 unspecified atom stereocenters. The zero-order chi connectivity index (χ0) is 15.5. The Morgan fingerprint density at radius 2 is 1.77 bits per heavy atom. The van der Waals surface area contributed by atoms with Gasteiger partial charge in [-0.05, 0) is 55.0 Å². The minimum atomic E-state index is -0.288. The third-order valence-electron chi connectivity index (χ3n) is 3.52. The minimum absolute atomic E-state index is 0.0306. The van der Waals surface area contributed by atoms with Gasteiger partial charge in [0.05, 0.1) is 0 Å². The first kappa shape index (κ1) is 14.6. The third-order valence-corrected chi connectivity index (χ3v) is 3.77. The lowest BCUT2D eigenvalue weighted by Gasteiger charge is -2.15. The maximum Gasteiger partial charge on any atom is 0.255 e. The van der Waals surface area contributed by atoms with Crippen molar-refractivity contribution in [1.82, 2.24) is 0 Å². The lowest BCUT2D eigenvalue weighted by atomic mass is 10.2. The fourth-order valence-electron chi connectivity index (χ4n) is 2.33. The van der Waals surface area contributed by atoms with E-state index in [0.717, 1.165) is 11.4 Å². The van der Waals surface area contributed by atoms with Crippen molar-refractivity contribution in [3.05, 3.63) is 71.1 Å². The van der Waals surface area contributed by atoms with Crippen LogP contribution in [0, 0.1) is 5.82 Å². The number of hydrogen-bond acceptors (Lipinski definition) is 2. The summed E-state index contributed by atoms with van der Waals surface area (Å²) in [7, 11) is 0. The highest BCUT2D eigenvalue weighted by atomic mass is 35.5. The molecule has 2 aromatic rings. The van der Waals surface area contributed by atoms with Crippen LogP contribution in [0.3, 0.4) is 0 Å². The predicted molar refractivity (Wildman–Crippen MR) is 86.5 cm³/mol. The molecule has 1 heterocycles. The summed E-state index contributed by atoms with van der Waals surface area (Å²) in [6, 6.07) is 13.2. The van der Waals surface area contributed by atoms with E-state index in [1.54, 1.807) is 35.4 Å². The van der Waals surface area contributed by atoms with Gasteiger partial charge in [-0.2, -0.15) is 0 Å². The summed E-state index contributed by atoms with van der Waals surface area (Å²) >= 11 is 5.86. The molecule has 0 atom stereocenters. The molecule has 0 saturated carbocycles. The number of halogens is 2. The van der Waals surface area contributed by atoms with Gasteiger partial charge in [0.1, 0.15) is 5.82 Å². The Morgan fingerprint density at radius 1 is 1.09 bits per heavy atom. The maximum absolute atomic E-state index is 12.8. The fraction of sp³-hybridized carbons (Fsp3) is 0.118. The minimum Gasteiger partial charge on any atom is -0.361 e. The van der Waals surface area contributed by atoms with Crippen molar-refractivity contribution in [2.75, 3.05) is 16.8 Å². The van der Waals surface area contributed by atoms with Gasteiger partial charge < -0.3 is 10.2 Å². The van der Waals surface area contributed by atoms with Gasteiger partial charge in [0.2, 0.25) is 0 Å². The number of rotatable bonds is 3. The van der Waals surface area contributed by atoms with Crippen molar-refractivity contribution < 1.29 is 9.18 Å². The molecule has 1 amide bonds. The van der Waals surface area contributed by atoms with E-state index in [9.17, 15) is 9.18 Å². The Bertz CT molecular complexity index is 710. The summed E-state index contributed by atoms with van der Waals surface area (Å²) in [6.45, 7) is 0.636. The highest BCUT2D eigenvalue weighted by Gasteiger charge is 2.26. The molecular formula is C17H14ClFN2O. The summed E-state index contributed by atoms with van der Waals surface area (Å²) in [5, 5.41) is 3.67. The molecule has 3 nitrogen and oxygen atoms in total. The van der Waals surface area contributed by atoms with Crippen LogP contribution in [0.4, 0.5) is 15.8 Å². The van der Waals surface area contributed by atoms with Crippen LogP contribution in [0.1, 0.15) is 6.42 Å². The third kappa shape index (κ3) is 3.12. The van der Waals surface area contributed by atoms with E-state index >= 15 is 0 Å². The predicted octanol–water partition coefficient (Wildman–Crippen LogP) is 4.21. The second kappa shape index (κ2) is 6.20. The SMILES string of the molecule is O=C1C(=CNc2ccc(F)cc2)CCN1c1ccc(Cl)cc1. The molecule has 1 aliphatic heterocycles. The summed E-state index contributed by atoms with van der Waals surface area (Å²) in [5.41, 5.74) is 2.27. The first-order valence-electron chi connectivity index (χ1n) is 6.92. The molecule has 112 valence electrons. The van der Waals surface area contributed by atoms with E-state index in [4.69, 9.17) is 11.6 Å². The molecule has 1 N–H and O–H groups in total. The van der Waals surface area contributed by atoms with Crippen LogP contribution in [0.2, 0.25) is 5.02 Å².